The monoisotopic (exact) mass is 370 g/mol. The van der Waals surface area contributed by atoms with Crippen molar-refractivity contribution in [3.63, 3.8) is 0 Å². The van der Waals surface area contributed by atoms with Crippen LogP contribution in [0.4, 0.5) is 0 Å². The Morgan fingerprint density at radius 2 is 1.92 bits per heavy atom. The van der Waals surface area contributed by atoms with Gasteiger partial charge in [0.15, 0.2) is 0 Å². The number of aliphatic hydroxyl groups is 1. The van der Waals surface area contributed by atoms with Crippen LogP contribution < -0.4 is 0 Å². The predicted molar refractivity (Wildman–Crippen MR) is 105 cm³/mol. The van der Waals surface area contributed by atoms with E-state index in [4.69, 9.17) is 0 Å². The molecule has 5 heteroatoms. The summed E-state index contributed by atoms with van der Waals surface area (Å²) >= 11 is 1.85. The van der Waals surface area contributed by atoms with E-state index in [1.165, 1.54) is 15.3 Å². The zero-order valence-corrected chi connectivity index (χ0v) is 15.9. The first-order valence-corrected chi connectivity index (χ1v) is 10.3. The molecule has 2 saturated heterocycles. The summed E-state index contributed by atoms with van der Waals surface area (Å²) in [7, 11) is 0. The van der Waals surface area contributed by atoms with E-state index in [1.807, 2.05) is 22.3 Å². The highest BCUT2D eigenvalue weighted by Crippen LogP contribution is 2.41. The molecule has 2 fully saturated rings. The van der Waals surface area contributed by atoms with Gasteiger partial charge in [0.1, 0.15) is 0 Å². The summed E-state index contributed by atoms with van der Waals surface area (Å²) in [6.07, 6.45) is 2.99. The van der Waals surface area contributed by atoms with Crippen LogP contribution in [0.2, 0.25) is 0 Å². The number of rotatable bonds is 5. The molecule has 1 aromatic heterocycles. The molecule has 1 spiro atoms. The Morgan fingerprint density at radius 1 is 1.08 bits per heavy atom. The van der Waals surface area contributed by atoms with E-state index in [0.717, 1.165) is 45.4 Å². The first-order valence-electron chi connectivity index (χ1n) is 9.47. The largest absolute Gasteiger partial charge is 0.395 e. The Hall–Kier alpha value is -1.69. The number of benzene rings is 1. The lowest BCUT2D eigenvalue weighted by Gasteiger charge is -2.39. The highest BCUT2D eigenvalue weighted by atomic mass is 32.1. The van der Waals surface area contributed by atoms with Gasteiger partial charge in [-0.15, -0.1) is 11.3 Å². The minimum Gasteiger partial charge on any atom is -0.395 e. The second-order valence-corrected chi connectivity index (χ2v) is 8.66. The molecule has 0 saturated carbocycles. The van der Waals surface area contributed by atoms with E-state index in [9.17, 15) is 9.90 Å². The van der Waals surface area contributed by atoms with Crippen LogP contribution in [0, 0.1) is 5.41 Å². The third kappa shape index (κ3) is 3.43. The van der Waals surface area contributed by atoms with Gasteiger partial charge in [-0.3, -0.25) is 9.69 Å². The van der Waals surface area contributed by atoms with E-state index in [0.29, 0.717) is 6.54 Å². The van der Waals surface area contributed by atoms with Crippen molar-refractivity contribution < 1.29 is 9.90 Å². The van der Waals surface area contributed by atoms with Gasteiger partial charge in [-0.05, 0) is 43.5 Å². The topological polar surface area (TPSA) is 43.8 Å². The number of hydrogen-bond acceptors (Lipinski definition) is 4. The van der Waals surface area contributed by atoms with Crippen LogP contribution in [0.15, 0.2) is 42.5 Å². The van der Waals surface area contributed by atoms with Gasteiger partial charge in [-0.2, -0.15) is 0 Å². The number of β-amino-alcohol motifs (C(OH)–C–C–N with tert-alkyl or cyclic N) is 1. The summed E-state index contributed by atoms with van der Waals surface area (Å²) in [6, 6.07) is 14.9. The molecule has 4 nitrogen and oxygen atoms in total. The molecule has 0 aliphatic carbocycles. The van der Waals surface area contributed by atoms with Crippen molar-refractivity contribution >= 4 is 17.2 Å². The first kappa shape index (κ1) is 17.7. The number of hydrogen-bond donors (Lipinski definition) is 1. The van der Waals surface area contributed by atoms with Crippen molar-refractivity contribution in [2.45, 2.75) is 25.8 Å². The second kappa shape index (κ2) is 7.51. The summed E-state index contributed by atoms with van der Waals surface area (Å²) in [4.78, 5) is 19.9. The van der Waals surface area contributed by atoms with E-state index >= 15 is 0 Å². The Labute approximate surface area is 159 Å². The van der Waals surface area contributed by atoms with Gasteiger partial charge in [0.2, 0.25) is 5.91 Å². The van der Waals surface area contributed by atoms with Crippen molar-refractivity contribution in [2.24, 2.45) is 5.41 Å². The third-order valence-corrected chi connectivity index (χ3v) is 6.85. The predicted octanol–water partition coefficient (Wildman–Crippen LogP) is 3.22. The highest BCUT2D eigenvalue weighted by Gasteiger charge is 2.48. The summed E-state index contributed by atoms with van der Waals surface area (Å²) in [5.74, 6) is 0.261. The molecule has 1 atom stereocenters. The lowest BCUT2D eigenvalue weighted by Crippen LogP contribution is -2.50. The number of likely N-dealkylation sites (tertiary alicyclic amines) is 2. The number of aliphatic hydroxyl groups excluding tert-OH is 1. The van der Waals surface area contributed by atoms with E-state index < -0.39 is 0 Å². The van der Waals surface area contributed by atoms with Crippen molar-refractivity contribution in [3.8, 4) is 10.4 Å². The third-order valence-electron chi connectivity index (χ3n) is 5.73. The Morgan fingerprint density at radius 3 is 2.73 bits per heavy atom. The van der Waals surface area contributed by atoms with Crippen molar-refractivity contribution in [1.29, 1.82) is 0 Å². The second-order valence-electron chi connectivity index (χ2n) is 7.49. The molecule has 1 aromatic carbocycles. The standard InChI is InChI=1S/C21H26N2O2S/c24-14-13-23-11-4-9-21(20(23)25)10-12-22(16-21)15-18-7-8-19(26-18)17-5-2-1-3-6-17/h1-3,5-8,24H,4,9-16H2/t21-/m1/s1. The van der Waals surface area contributed by atoms with Crippen LogP contribution in [-0.2, 0) is 11.3 Å². The molecule has 3 heterocycles. The number of thiophene rings is 1. The summed E-state index contributed by atoms with van der Waals surface area (Å²) in [6.45, 7) is 4.09. The van der Waals surface area contributed by atoms with Gasteiger partial charge in [-0.1, -0.05) is 30.3 Å². The van der Waals surface area contributed by atoms with E-state index in [-0.39, 0.29) is 17.9 Å². The maximum atomic E-state index is 12.9. The molecule has 4 rings (SSSR count). The molecule has 1 amide bonds. The molecule has 2 aromatic rings. The van der Waals surface area contributed by atoms with E-state index in [2.05, 4.69) is 41.3 Å². The van der Waals surface area contributed by atoms with Crippen molar-refractivity contribution in [3.05, 3.63) is 47.3 Å². The Balaban J connectivity index is 1.42. The van der Waals surface area contributed by atoms with Crippen LogP contribution in [0.5, 0.6) is 0 Å². The molecule has 138 valence electrons. The molecule has 2 aliphatic rings. The minimum atomic E-state index is -0.215. The van der Waals surface area contributed by atoms with Crippen LogP contribution in [0.1, 0.15) is 24.1 Å². The fourth-order valence-corrected chi connectivity index (χ4v) is 5.45. The van der Waals surface area contributed by atoms with Gasteiger partial charge >= 0.3 is 0 Å². The first-order chi connectivity index (χ1) is 12.7. The maximum Gasteiger partial charge on any atom is 0.230 e. The molecule has 2 aliphatic heterocycles. The zero-order chi connectivity index (χ0) is 18.0. The molecular formula is C21H26N2O2S. The van der Waals surface area contributed by atoms with Crippen LogP contribution in [0.3, 0.4) is 0 Å². The number of carbonyl (C=O) groups is 1. The van der Waals surface area contributed by atoms with Gasteiger partial charge in [0.25, 0.3) is 0 Å². The summed E-state index contributed by atoms with van der Waals surface area (Å²) in [5.41, 5.74) is 1.05. The average Bonchev–Trinajstić information content (AvgIpc) is 3.29. The number of nitrogens with zero attached hydrogens (tertiary/aromatic N) is 2. The lowest BCUT2D eigenvalue weighted by molar-refractivity contribution is -0.146. The van der Waals surface area contributed by atoms with Crippen LogP contribution >= 0.6 is 11.3 Å². The molecular weight excluding hydrogens is 344 g/mol. The summed E-state index contributed by atoms with van der Waals surface area (Å²) in [5, 5.41) is 9.21. The van der Waals surface area contributed by atoms with Crippen molar-refractivity contribution in [2.75, 3.05) is 32.8 Å². The minimum absolute atomic E-state index is 0.0585. The molecule has 0 radical (unpaired) electrons. The van der Waals surface area contributed by atoms with E-state index in [1.54, 1.807) is 0 Å². The fraction of sp³-hybridized carbons (Fsp3) is 0.476. The average molecular weight is 371 g/mol. The quantitative estimate of drug-likeness (QED) is 0.879. The van der Waals surface area contributed by atoms with Gasteiger partial charge < -0.3 is 10.0 Å². The van der Waals surface area contributed by atoms with Gasteiger partial charge in [0, 0.05) is 35.9 Å². The van der Waals surface area contributed by atoms with Crippen LogP contribution in [-0.4, -0.2) is 53.6 Å². The van der Waals surface area contributed by atoms with Crippen LogP contribution in [0.25, 0.3) is 10.4 Å². The Kier molecular flexibility index (Phi) is 5.11. The Bertz CT molecular complexity index is 758. The van der Waals surface area contributed by atoms with Crippen molar-refractivity contribution in [1.82, 2.24) is 9.80 Å². The van der Waals surface area contributed by atoms with Gasteiger partial charge in [-0.25, -0.2) is 0 Å². The number of amides is 1. The maximum absolute atomic E-state index is 12.9. The molecule has 0 unspecified atom stereocenters. The molecule has 0 bridgehead atoms. The smallest absolute Gasteiger partial charge is 0.230 e. The fourth-order valence-electron chi connectivity index (χ4n) is 4.40. The molecule has 26 heavy (non-hydrogen) atoms. The normalized spacial score (nSPS) is 23.9. The lowest BCUT2D eigenvalue weighted by atomic mass is 9.78. The summed E-state index contributed by atoms with van der Waals surface area (Å²) < 4.78 is 0. The highest BCUT2D eigenvalue weighted by molar-refractivity contribution is 7.15. The zero-order valence-electron chi connectivity index (χ0n) is 15.1. The number of piperidine rings is 1. The number of carbonyl (C=O) groups excluding carboxylic acids is 1. The van der Waals surface area contributed by atoms with Gasteiger partial charge in [0.05, 0.1) is 12.0 Å². The molecule has 1 N–H and O–H groups in total. The SMILES string of the molecule is O=C1N(CCO)CCC[C@]12CCN(Cc1ccc(-c3ccccc3)s1)C2.